The molecule has 0 aromatic heterocycles. The summed E-state index contributed by atoms with van der Waals surface area (Å²) in [6, 6.07) is 9.45. The maximum absolute atomic E-state index is 13.7. The first-order valence-electron chi connectivity index (χ1n) is 12.0. The number of carbonyl (C=O) groups excluding carboxylic acids is 1. The zero-order valence-electron chi connectivity index (χ0n) is 19.5. The minimum Gasteiger partial charge on any atom is -0.493 e. The molecule has 2 aromatic carbocycles. The van der Waals surface area contributed by atoms with Gasteiger partial charge in [-0.3, -0.25) is 0 Å². The number of halogens is 2. The Bertz CT molecular complexity index is 956. The smallest absolute Gasteiger partial charge is 0.343 e. The van der Waals surface area contributed by atoms with E-state index in [1.54, 1.807) is 12.1 Å². The zero-order valence-corrected chi connectivity index (χ0v) is 19.5. The summed E-state index contributed by atoms with van der Waals surface area (Å²) in [4.78, 5) is 12.3. The van der Waals surface area contributed by atoms with Crippen molar-refractivity contribution < 1.29 is 27.8 Å². The van der Waals surface area contributed by atoms with Crippen LogP contribution in [0.2, 0.25) is 0 Å². The molecule has 1 aliphatic rings. The molecule has 1 saturated carbocycles. The van der Waals surface area contributed by atoms with E-state index in [1.165, 1.54) is 37.5 Å². The van der Waals surface area contributed by atoms with Gasteiger partial charge >= 0.3 is 5.97 Å². The Kier molecular flexibility index (Phi) is 9.84. The SMILES string of the molecule is CCCCCCO[C@H]1CC[C@H](COc2ccc(C(=O)Oc3cc(F)c(C#N)c(F)c3)cc2)CC1. The Morgan fingerprint density at radius 3 is 2.29 bits per heavy atom. The number of unbranched alkanes of at least 4 members (excludes halogenated alkanes) is 3. The molecule has 0 radical (unpaired) electrons. The predicted octanol–water partition coefficient (Wildman–Crippen LogP) is 6.59. The van der Waals surface area contributed by atoms with Crippen LogP contribution in [0.25, 0.3) is 0 Å². The highest BCUT2D eigenvalue weighted by Gasteiger charge is 2.22. The van der Waals surface area contributed by atoms with Crippen LogP contribution in [-0.2, 0) is 4.74 Å². The first-order chi connectivity index (χ1) is 16.5. The third kappa shape index (κ3) is 7.53. The fraction of sp³-hybridized carbons (Fsp3) is 0.481. The minimum absolute atomic E-state index is 0.217. The third-order valence-electron chi connectivity index (χ3n) is 6.06. The molecular weight excluding hydrogens is 440 g/mol. The van der Waals surface area contributed by atoms with Crippen molar-refractivity contribution >= 4 is 5.97 Å². The Morgan fingerprint density at radius 2 is 1.68 bits per heavy atom. The average Bonchev–Trinajstić information content (AvgIpc) is 2.83. The van der Waals surface area contributed by atoms with Gasteiger partial charge in [0, 0.05) is 18.7 Å². The summed E-state index contributed by atoms with van der Waals surface area (Å²) in [5, 5.41) is 8.71. The normalized spacial score (nSPS) is 17.7. The molecule has 34 heavy (non-hydrogen) atoms. The molecule has 0 saturated heterocycles. The van der Waals surface area contributed by atoms with Crippen LogP contribution in [0.1, 0.15) is 74.2 Å². The second-order valence-corrected chi connectivity index (χ2v) is 8.67. The van der Waals surface area contributed by atoms with Crippen LogP contribution in [0.5, 0.6) is 11.5 Å². The molecule has 0 unspecified atom stereocenters. The van der Waals surface area contributed by atoms with Crippen LogP contribution in [0, 0.1) is 28.9 Å². The molecule has 0 spiro atoms. The van der Waals surface area contributed by atoms with Gasteiger partial charge in [0.2, 0.25) is 0 Å². The fourth-order valence-electron chi connectivity index (χ4n) is 4.03. The summed E-state index contributed by atoms with van der Waals surface area (Å²) in [6.45, 7) is 3.67. The van der Waals surface area contributed by atoms with Crippen LogP contribution in [0.4, 0.5) is 8.78 Å². The lowest BCUT2D eigenvalue weighted by molar-refractivity contribution is 0.0111. The van der Waals surface area contributed by atoms with Gasteiger partial charge in [0.15, 0.2) is 0 Å². The number of esters is 1. The molecule has 1 fully saturated rings. The summed E-state index contributed by atoms with van der Waals surface area (Å²) < 4.78 is 44.3. The average molecular weight is 472 g/mol. The van der Waals surface area contributed by atoms with Crippen molar-refractivity contribution in [1.82, 2.24) is 0 Å². The van der Waals surface area contributed by atoms with E-state index in [0.29, 0.717) is 24.4 Å². The Morgan fingerprint density at radius 1 is 1.00 bits per heavy atom. The molecule has 5 nitrogen and oxygen atoms in total. The van der Waals surface area contributed by atoms with E-state index in [-0.39, 0.29) is 11.3 Å². The first kappa shape index (κ1) is 25.6. The molecule has 2 aromatic rings. The fourth-order valence-corrected chi connectivity index (χ4v) is 4.03. The second kappa shape index (κ2) is 13.0. The van der Waals surface area contributed by atoms with E-state index in [4.69, 9.17) is 19.5 Å². The molecule has 0 N–H and O–H groups in total. The number of nitrogens with zero attached hydrogens (tertiary/aromatic N) is 1. The Labute approximate surface area is 199 Å². The molecule has 0 aliphatic heterocycles. The number of hydrogen-bond donors (Lipinski definition) is 0. The van der Waals surface area contributed by atoms with Crippen molar-refractivity contribution in [2.75, 3.05) is 13.2 Å². The predicted molar refractivity (Wildman–Crippen MR) is 124 cm³/mol. The third-order valence-corrected chi connectivity index (χ3v) is 6.06. The summed E-state index contributed by atoms with van der Waals surface area (Å²) in [7, 11) is 0. The number of hydrogen-bond acceptors (Lipinski definition) is 5. The van der Waals surface area contributed by atoms with Gasteiger partial charge in [-0.15, -0.1) is 0 Å². The largest absolute Gasteiger partial charge is 0.493 e. The summed E-state index contributed by atoms with van der Waals surface area (Å²) in [6.07, 6.45) is 9.51. The van der Waals surface area contributed by atoms with Gasteiger partial charge < -0.3 is 14.2 Å². The summed E-state index contributed by atoms with van der Waals surface area (Å²) >= 11 is 0. The highest BCUT2D eigenvalue weighted by molar-refractivity contribution is 5.91. The van der Waals surface area contributed by atoms with Crippen molar-refractivity contribution in [3.63, 3.8) is 0 Å². The first-order valence-corrected chi connectivity index (χ1v) is 12.0. The number of nitriles is 1. The van der Waals surface area contributed by atoms with E-state index in [2.05, 4.69) is 6.92 Å². The molecule has 0 amide bonds. The van der Waals surface area contributed by atoms with Crippen LogP contribution >= 0.6 is 0 Å². The van der Waals surface area contributed by atoms with Gasteiger partial charge in [-0.2, -0.15) is 5.26 Å². The van der Waals surface area contributed by atoms with Gasteiger partial charge in [0.25, 0.3) is 0 Å². The van der Waals surface area contributed by atoms with Crippen LogP contribution < -0.4 is 9.47 Å². The number of ether oxygens (including phenoxy) is 3. The molecule has 0 heterocycles. The Hall–Kier alpha value is -2.98. The lowest BCUT2D eigenvalue weighted by Gasteiger charge is -2.28. The van der Waals surface area contributed by atoms with E-state index in [9.17, 15) is 13.6 Å². The van der Waals surface area contributed by atoms with Gasteiger partial charge in [-0.25, -0.2) is 13.6 Å². The maximum atomic E-state index is 13.7. The lowest BCUT2D eigenvalue weighted by Crippen LogP contribution is -2.25. The van der Waals surface area contributed by atoms with Crippen molar-refractivity contribution in [1.29, 1.82) is 5.26 Å². The topological polar surface area (TPSA) is 68.6 Å². The number of benzene rings is 2. The monoisotopic (exact) mass is 471 g/mol. The van der Waals surface area contributed by atoms with Gasteiger partial charge in [0.05, 0.1) is 18.3 Å². The van der Waals surface area contributed by atoms with Crippen LogP contribution in [0.3, 0.4) is 0 Å². The second-order valence-electron chi connectivity index (χ2n) is 8.67. The molecular formula is C27H31F2NO4. The summed E-state index contributed by atoms with van der Waals surface area (Å²) in [5.41, 5.74) is -0.501. The van der Waals surface area contributed by atoms with Crippen molar-refractivity contribution in [3.05, 3.63) is 59.2 Å². The molecule has 182 valence electrons. The summed E-state index contributed by atoms with van der Waals surface area (Å²) in [5.74, 6) is -2.11. The van der Waals surface area contributed by atoms with E-state index in [1.807, 2.05) is 0 Å². The Balaban J connectivity index is 1.41. The number of rotatable bonds is 11. The van der Waals surface area contributed by atoms with E-state index < -0.39 is 23.2 Å². The highest BCUT2D eigenvalue weighted by Crippen LogP contribution is 2.27. The van der Waals surface area contributed by atoms with Crippen LogP contribution in [-0.4, -0.2) is 25.3 Å². The number of carbonyl (C=O) groups is 1. The minimum atomic E-state index is -1.08. The molecule has 0 bridgehead atoms. The van der Waals surface area contributed by atoms with E-state index >= 15 is 0 Å². The van der Waals surface area contributed by atoms with Gasteiger partial charge in [-0.1, -0.05) is 26.2 Å². The van der Waals surface area contributed by atoms with Crippen LogP contribution in [0.15, 0.2) is 36.4 Å². The van der Waals surface area contributed by atoms with Crippen molar-refractivity contribution in [2.45, 2.75) is 64.4 Å². The van der Waals surface area contributed by atoms with Crippen molar-refractivity contribution in [3.8, 4) is 17.6 Å². The molecule has 1 aliphatic carbocycles. The quantitative estimate of drug-likeness (QED) is 0.210. The molecule has 7 heteroatoms. The van der Waals surface area contributed by atoms with Crippen molar-refractivity contribution in [2.24, 2.45) is 5.92 Å². The van der Waals surface area contributed by atoms with E-state index in [0.717, 1.165) is 50.8 Å². The maximum Gasteiger partial charge on any atom is 0.343 e. The van der Waals surface area contributed by atoms with Gasteiger partial charge in [-0.05, 0) is 62.3 Å². The zero-order chi connectivity index (χ0) is 24.3. The molecule has 0 atom stereocenters. The highest BCUT2D eigenvalue weighted by atomic mass is 19.1. The van der Waals surface area contributed by atoms with Gasteiger partial charge in [0.1, 0.15) is 34.8 Å². The standard InChI is InChI=1S/C27H31F2NO4/c1-2-3-4-5-14-32-21-10-6-19(7-11-21)18-33-22-12-8-20(9-13-22)27(31)34-23-15-25(28)24(17-30)26(29)16-23/h8-9,12-13,15-16,19,21H,2-7,10-11,14,18H2,1H3/t19-,21-. The lowest BCUT2D eigenvalue weighted by atomic mass is 9.88. The molecule has 3 rings (SSSR count).